The van der Waals surface area contributed by atoms with E-state index in [1.165, 1.54) is 7.11 Å². The maximum absolute atomic E-state index is 14.3. The van der Waals surface area contributed by atoms with Gasteiger partial charge in [0.25, 0.3) is 0 Å². The van der Waals surface area contributed by atoms with Crippen molar-refractivity contribution in [3.05, 3.63) is 59.4 Å². The number of benzene rings is 1. The van der Waals surface area contributed by atoms with Gasteiger partial charge in [0, 0.05) is 61.8 Å². The zero-order chi connectivity index (χ0) is 24.5. The highest BCUT2D eigenvalue weighted by molar-refractivity contribution is 5.79. The summed E-state index contributed by atoms with van der Waals surface area (Å²) >= 11 is 0. The molecule has 4 heterocycles. The van der Waals surface area contributed by atoms with Gasteiger partial charge < -0.3 is 19.9 Å². The molecule has 4 aromatic rings. The molecule has 2 N–H and O–H groups in total. The van der Waals surface area contributed by atoms with E-state index in [0.29, 0.717) is 43.8 Å². The van der Waals surface area contributed by atoms with Gasteiger partial charge in [-0.25, -0.2) is 13.3 Å². The van der Waals surface area contributed by atoms with E-state index >= 15 is 0 Å². The molecular formula is C23H24F2N8O2. The number of aromatic amines is 1. The van der Waals surface area contributed by atoms with Crippen LogP contribution in [0.15, 0.2) is 36.5 Å². The van der Waals surface area contributed by atoms with Crippen molar-refractivity contribution in [1.82, 2.24) is 29.7 Å². The molecule has 0 saturated carbocycles. The number of piperazine rings is 1. The Balaban J connectivity index is 1.28. The Morgan fingerprint density at radius 1 is 1.17 bits per heavy atom. The van der Waals surface area contributed by atoms with Gasteiger partial charge in [0.1, 0.15) is 22.9 Å². The molecule has 182 valence electrons. The number of amides is 1. The Labute approximate surface area is 199 Å². The minimum atomic E-state index is -0.797. The second kappa shape index (κ2) is 9.20. The van der Waals surface area contributed by atoms with Crippen LogP contribution in [0.2, 0.25) is 0 Å². The molecule has 1 amide bonds. The van der Waals surface area contributed by atoms with E-state index in [2.05, 4.69) is 20.6 Å². The number of H-pyrrole nitrogens is 1. The normalized spacial score (nSPS) is 13.9. The molecule has 35 heavy (non-hydrogen) atoms. The molecule has 1 aromatic carbocycles. The van der Waals surface area contributed by atoms with Crippen LogP contribution in [0.25, 0.3) is 5.52 Å². The molecule has 3 aromatic heterocycles. The summed E-state index contributed by atoms with van der Waals surface area (Å²) in [5, 5.41) is 14.9. The van der Waals surface area contributed by atoms with E-state index in [0.717, 1.165) is 23.3 Å². The number of hydrogen-bond acceptors (Lipinski definition) is 7. The van der Waals surface area contributed by atoms with Gasteiger partial charge in [-0.1, -0.05) is 0 Å². The summed E-state index contributed by atoms with van der Waals surface area (Å²) in [5.41, 5.74) is 1.46. The highest BCUT2D eigenvalue weighted by atomic mass is 19.1. The molecule has 1 aliphatic heterocycles. The monoisotopic (exact) mass is 482 g/mol. The fourth-order valence-corrected chi connectivity index (χ4v) is 4.04. The second-order valence-corrected chi connectivity index (χ2v) is 8.27. The molecule has 0 bridgehead atoms. The van der Waals surface area contributed by atoms with Crippen LogP contribution in [0, 0.1) is 18.6 Å². The molecule has 0 aliphatic carbocycles. The predicted octanol–water partition coefficient (Wildman–Crippen LogP) is 2.68. The third-order valence-electron chi connectivity index (χ3n) is 5.93. The van der Waals surface area contributed by atoms with Gasteiger partial charge in [-0.05, 0) is 19.1 Å². The summed E-state index contributed by atoms with van der Waals surface area (Å²) in [4.78, 5) is 21.0. The van der Waals surface area contributed by atoms with Crippen molar-refractivity contribution < 1.29 is 18.3 Å². The Morgan fingerprint density at radius 2 is 1.91 bits per heavy atom. The van der Waals surface area contributed by atoms with Crippen LogP contribution in [0.3, 0.4) is 0 Å². The SMILES string of the molecule is COc1cc(F)c(CC(=O)N2CCN(c3nc(Nc4cc(C)[nH]n4)c4cccn4n3)CC2)c(F)c1. The number of anilines is 3. The average Bonchev–Trinajstić information content (AvgIpc) is 3.50. The van der Waals surface area contributed by atoms with Crippen LogP contribution in [0.1, 0.15) is 11.3 Å². The number of nitrogens with one attached hydrogen (secondary N) is 2. The Morgan fingerprint density at radius 3 is 2.57 bits per heavy atom. The molecule has 0 unspecified atom stereocenters. The van der Waals surface area contributed by atoms with Crippen LogP contribution >= 0.6 is 0 Å². The first kappa shape index (κ1) is 22.6. The van der Waals surface area contributed by atoms with Crippen molar-refractivity contribution >= 4 is 29.0 Å². The Bertz CT molecular complexity index is 1350. The van der Waals surface area contributed by atoms with E-state index in [4.69, 9.17) is 9.72 Å². The van der Waals surface area contributed by atoms with Gasteiger partial charge in [-0.15, -0.1) is 5.10 Å². The first-order chi connectivity index (χ1) is 16.9. The van der Waals surface area contributed by atoms with E-state index in [1.54, 1.807) is 9.42 Å². The lowest BCUT2D eigenvalue weighted by molar-refractivity contribution is -0.130. The fraction of sp³-hybridized carbons (Fsp3) is 0.304. The lowest BCUT2D eigenvalue weighted by Gasteiger charge is -2.35. The van der Waals surface area contributed by atoms with Gasteiger partial charge in [0.2, 0.25) is 11.9 Å². The number of hydrogen-bond donors (Lipinski definition) is 2. The van der Waals surface area contributed by atoms with E-state index in [1.807, 2.05) is 36.2 Å². The van der Waals surface area contributed by atoms with Gasteiger partial charge in [-0.3, -0.25) is 9.89 Å². The quantitative estimate of drug-likeness (QED) is 0.436. The second-order valence-electron chi connectivity index (χ2n) is 8.27. The van der Waals surface area contributed by atoms with Gasteiger partial charge in [-0.2, -0.15) is 10.1 Å². The fourth-order valence-electron chi connectivity index (χ4n) is 4.04. The first-order valence-electron chi connectivity index (χ1n) is 11.1. The molecule has 0 radical (unpaired) electrons. The highest BCUT2D eigenvalue weighted by Gasteiger charge is 2.25. The zero-order valence-electron chi connectivity index (χ0n) is 19.3. The number of methoxy groups -OCH3 is 1. The van der Waals surface area contributed by atoms with Crippen LogP contribution < -0.4 is 15.0 Å². The molecule has 5 rings (SSSR count). The number of carbonyl (C=O) groups is 1. The van der Waals surface area contributed by atoms with E-state index < -0.39 is 11.6 Å². The maximum atomic E-state index is 14.3. The number of aromatic nitrogens is 5. The molecule has 0 spiro atoms. The zero-order valence-corrected chi connectivity index (χ0v) is 19.3. The topological polar surface area (TPSA) is 104 Å². The van der Waals surface area contributed by atoms with E-state index in [-0.39, 0.29) is 23.6 Å². The number of ether oxygens (including phenoxy) is 1. The molecule has 0 atom stereocenters. The molecule has 1 saturated heterocycles. The molecule has 12 heteroatoms. The number of carbonyl (C=O) groups excluding carboxylic acids is 1. The van der Waals surface area contributed by atoms with Crippen LogP contribution in [-0.2, 0) is 11.2 Å². The smallest absolute Gasteiger partial charge is 0.245 e. The standard InChI is InChI=1S/C23H24F2N8O2/c1-14-10-20(29-28-14)26-22-19-4-3-5-33(19)30-23(27-22)32-8-6-31(7-9-32)21(34)13-16-17(24)11-15(35-2)12-18(16)25/h3-5,10-12H,6-9,13H2,1-2H3,(H2,26,27,28,29,30). The molecule has 1 aliphatic rings. The number of rotatable bonds is 6. The predicted molar refractivity (Wildman–Crippen MR) is 125 cm³/mol. The van der Waals surface area contributed by atoms with Crippen molar-refractivity contribution in [2.24, 2.45) is 0 Å². The summed E-state index contributed by atoms with van der Waals surface area (Å²) in [6.45, 7) is 3.63. The molecular weight excluding hydrogens is 458 g/mol. The van der Waals surface area contributed by atoms with Crippen LogP contribution in [-0.4, -0.2) is 68.9 Å². The van der Waals surface area contributed by atoms with Crippen molar-refractivity contribution in [3.8, 4) is 5.75 Å². The maximum Gasteiger partial charge on any atom is 0.245 e. The van der Waals surface area contributed by atoms with Gasteiger partial charge in [0.15, 0.2) is 11.6 Å². The third kappa shape index (κ3) is 4.59. The van der Waals surface area contributed by atoms with E-state index in [9.17, 15) is 13.6 Å². The van der Waals surface area contributed by atoms with Crippen molar-refractivity contribution in [2.75, 3.05) is 43.5 Å². The van der Waals surface area contributed by atoms with Crippen LogP contribution in [0.5, 0.6) is 5.75 Å². The lowest BCUT2D eigenvalue weighted by Crippen LogP contribution is -2.49. The number of fused-ring (bicyclic) bond motifs is 1. The number of nitrogens with zero attached hydrogens (tertiary/aromatic N) is 6. The van der Waals surface area contributed by atoms with Crippen molar-refractivity contribution in [3.63, 3.8) is 0 Å². The number of aryl methyl sites for hydroxylation is 1. The minimum absolute atomic E-state index is 0.0701. The minimum Gasteiger partial charge on any atom is -0.497 e. The number of halogens is 2. The van der Waals surface area contributed by atoms with Crippen molar-refractivity contribution in [1.29, 1.82) is 0 Å². The summed E-state index contributed by atoms with van der Waals surface area (Å²) in [6.07, 6.45) is 1.48. The lowest BCUT2D eigenvalue weighted by atomic mass is 10.1. The van der Waals surface area contributed by atoms with Crippen molar-refractivity contribution in [2.45, 2.75) is 13.3 Å². The summed E-state index contributed by atoms with van der Waals surface area (Å²) in [5.74, 6) is -0.114. The van der Waals surface area contributed by atoms with Crippen LogP contribution in [0.4, 0.5) is 26.4 Å². The Kier molecular flexibility index (Phi) is 5.93. The largest absolute Gasteiger partial charge is 0.497 e. The Hall–Kier alpha value is -4.22. The summed E-state index contributed by atoms with van der Waals surface area (Å²) in [6, 6.07) is 7.81. The highest BCUT2D eigenvalue weighted by Crippen LogP contribution is 2.24. The first-order valence-corrected chi connectivity index (χ1v) is 11.1. The molecule has 10 nitrogen and oxygen atoms in total. The van der Waals surface area contributed by atoms with Gasteiger partial charge in [0.05, 0.1) is 13.5 Å². The van der Waals surface area contributed by atoms with Gasteiger partial charge >= 0.3 is 0 Å². The summed E-state index contributed by atoms with van der Waals surface area (Å²) < 4.78 is 35.1. The third-order valence-corrected chi connectivity index (χ3v) is 5.93. The summed E-state index contributed by atoms with van der Waals surface area (Å²) in [7, 11) is 1.33. The average molecular weight is 482 g/mol. The molecule has 1 fully saturated rings.